The largest absolute Gasteiger partial charge is 0.395 e. The van der Waals surface area contributed by atoms with E-state index in [4.69, 9.17) is 5.11 Å². The summed E-state index contributed by atoms with van der Waals surface area (Å²) in [6.45, 7) is 0.568. The highest BCUT2D eigenvalue weighted by atomic mass is 16.3. The average molecular weight is 190 g/mol. The number of pyridine rings is 1. The van der Waals surface area contributed by atoms with E-state index in [1.54, 1.807) is 12.4 Å². The Bertz CT molecular complexity index is 432. The summed E-state index contributed by atoms with van der Waals surface area (Å²) >= 11 is 0. The molecule has 0 aliphatic rings. The van der Waals surface area contributed by atoms with Gasteiger partial charge in [0.15, 0.2) is 5.65 Å². The number of anilines is 1. The maximum absolute atomic E-state index is 8.62. The van der Waals surface area contributed by atoms with Gasteiger partial charge in [-0.1, -0.05) is 0 Å². The van der Waals surface area contributed by atoms with Crippen molar-refractivity contribution >= 4 is 17.0 Å². The van der Waals surface area contributed by atoms with Crippen molar-refractivity contribution in [3.63, 3.8) is 0 Å². The van der Waals surface area contributed by atoms with Gasteiger partial charge >= 0.3 is 0 Å². The molecule has 2 N–H and O–H groups in total. The maximum Gasteiger partial charge on any atom is 0.180 e. The monoisotopic (exact) mass is 190 g/mol. The summed E-state index contributed by atoms with van der Waals surface area (Å²) in [6, 6.07) is 3.65. The summed E-state index contributed by atoms with van der Waals surface area (Å²) in [5.41, 5.74) is 1.37. The minimum atomic E-state index is 0.0835. The number of fused-ring (bicyclic) bond motifs is 1. The number of rotatable bonds is 3. The molecule has 5 nitrogen and oxygen atoms in total. The van der Waals surface area contributed by atoms with Crippen LogP contribution in [-0.2, 0) is 0 Å². The first kappa shape index (κ1) is 8.83. The van der Waals surface area contributed by atoms with Crippen LogP contribution in [0.25, 0.3) is 11.2 Å². The van der Waals surface area contributed by atoms with Crippen molar-refractivity contribution in [1.82, 2.24) is 15.0 Å². The van der Waals surface area contributed by atoms with E-state index in [9.17, 15) is 0 Å². The second kappa shape index (κ2) is 3.97. The molecule has 0 radical (unpaired) electrons. The molecule has 0 atom stereocenters. The fraction of sp³-hybridized carbons (Fsp3) is 0.222. The second-order valence-electron chi connectivity index (χ2n) is 2.75. The lowest BCUT2D eigenvalue weighted by Crippen LogP contribution is -2.06. The molecule has 14 heavy (non-hydrogen) atoms. The molecule has 5 heteroatoms. The van der Waals surface area contributed by atoms with Crippen LogP contribution >= 0.6 is 0 Å². The molecule has 2 heterocycles. The molecule has 0 aliphatic carbocycles. The number of aromatic nitrogens is 3. The van der Waals surface area contributed by atoms with Crippen LogP contribution in [-0.4, -0.2) is 33.2 Å². The number of aliphatic hydroxyl groups excluding tert-OH is 1. The van der Waals surface area contributed by atoms with E-state index < -0.39 is 0 Å². The van der Waals surface area contributed by atoms with Gasteiger partial charge in [0.25, 0.3) is 0 Å². The van der Waals surface area contributed by atoms with Crippen molar-refractivity contribution < 1.29 is 5.11 Å². The Morgan fingerprint density at radius 1 is 1.21 bits per heavy atom. The lowest BCUT2D eigenvalue weighted by atomic mass is 10.4. The Kier molecular flexibility index (Phi) is 2.51. The summed E-state index contributed by atoms with van der Waals surface area (Å²) in [6.07, 6.45) is 3.23. The fourth-order valence-corrected chi connectivity index (χ4v) is 1.14. The van der Waals surface area contributed by atoms with E-state index in [1.807, 2.05) is 12.1 Å². The zero-order valence-electron chi connectivity index (χ0n) is 7.51. The number of nitrogens with zero attached hydrogens (tertiary/aromatic N) is 3. The molecule has 0 aliphatic heterocycles. The summed E-state index contributed by atoms with van der Waals surface area (Å²) in [4.78, 5) is 12.4. The molecule has 0 unspecified atom stereocenters. The van der Waals surface area contributed by atoms with Gasteiger partial charge in [-0.05, 0) is 12.1 Å². The third-order valence-electron chi connectivity index (χ3n) is 1.75. The van der Waals surface area contributed by atoms with Gasteiger partial charge in [-0.15, -0.1) is 0 Å². The normalized spacial score (nSPS) is 10.4. The summed E-state index contributed by atoms with van der Waals surface area (Å²) in [7, 11) is 0. The number of nitrogens with one attached hydrogen (secondary N) is 1. The van der Waals surface area contributed by atoms with Crippen LogP contribution in [0.5, 0.6) is 0 Å². The van der Waals surface area contributed by atoms with Crippen LogP contribution in [0, 0.1) is 0 Å². The van der Waals surface area contributed by atoms with Crippen molar-refractivity contribution in [2.75, 3.05) is 18.5 Å². The van der Waals surface area contributed by atoms with Crippen LogP contribution in [0.4, 0.5) is 5.82 Å². The first-order valence-electron chi connectivity index (χ1n) is 4.32. The van der Waals surface area contributed by atoms with Crippen molar-refractivity contribution in [3.8, 4) is 0 Å². The van der Waals surface area contributed by atoms with Gasteiger partial charge in [0.05, 0.1) is 6.61 Å². The van der Waals surface area contributed by atoms with Crippen LogP contribution in [0.1, 0.15) is 0 Å². The molecule has 0 aromatic carbocycles. The van der Waals surface area contributed by atoms with Crippen LogP contribution in [0.2, 0.25) is 0 Å². The van der Waals surface area contributed by atoms with Gasteiger partial charge in [0.1, 0.15) is 11.3 Å². The molecular formula is C9H10N4O. The highest BCUT2D eigenvalue weighted by Gasteiger charge is 1.97. The molecule has 0 saturated heterocycles. The van der Waals surface area contributed by atoms with Gasteiger partial charge in [-0.25, -0.2) is 9.97 Å². The van der Waals surface area contributed by atoms with Gasteiger partial charge in [0, 0.05) is 18.9 Å². The van der Waals surface area contributed by atoms with Gasteiger partial charge in [0.2, 0.25) is 0 Å². The Morgan fingerprint density at radius 2 is 2.07 bits per heavy atom. The first-order valence-corrected chi connectivity index (χ1v) is 4.32. The fourth-order valence-electron chi connectivity index (χ4n) is 1.14. The lowest BCUT2D eigenvalue weighted by molar-refractivity contribution is 0.311. The van der Waals surface area contributed by atoms with E-state index in [0.717, 1.165) is 5.52 Å². The molecular weight excluding hydrogens is 180 g/mol. The Morgan fingerprint density at radius 3 is 2.93 bits per heavy atom. The zero-order valence-corrected chi connectivity index (χ0v) is 7.51. The standard InChI is InChI=1S/C9H10N4O/c14-6-5-11-8-2-1-7-9(13-8)12-4-3-10-7/h1-4,14H,5-6H2,(H,11,12,13). The molecule has 0 saturated carbocycles. The smallest absolute Gasteiger partial charge is 0.180 e. The average Bonchev–Trinajstić information content (AvgIpc) is 2.26. The Labute approximate surface area is 80.8 Å². The van der Waals surface area contributed by atoms with Crippen molar-refractivity contribution in [2.45, 2.75) is 0 Å². The number of aliphatic hydroxyl groups is 1. The van der Waals surface area contributed by atoms with Crippen molar-refractivity contribution in [2.24, 2.45) is 0 Å². The highest BCUT2D eigenvalue weighted by Crippen LogP contribution is 2.09. The van der Waals surface area contributed by atoms with Crippen molar-refractivity contribution in [3.05, 3.63) is 24.5 Å². The second-order valence-corrected chi connectivity index (χ2v) is 2.75. The van der Waals surface area contributed by atoms with Gasteiger partial charge < -0.3 is 10.4 Å². The lowest BCUT2D eigenvalue weighted by Gasteiger charge is -2.03. The molecule has 2 aromatic rings. The molecule has 2 rings (SSSR count). The molecule has 0 fully saturated rings. The third kappa shape index (κ3) is 1.77. The summed E-state index contributed by atoms with van der Waals surface area (Å²) in [5, 5.41) is 11.6. The predicted molar refractivity (Wildman–Crippen MR) is 52.9 cm³/mol. The van der Waals surface area contributed by atoms with Crippen LogP contribution < -0.4 is 5.32 Å². The molecule has 0 amide bonds. The SMILES string of the molecule is OCCNc1ccc2nccnc2n1. The summed E-state index contributed by atoms with van der Waals surface area (Å²) < 4.78 is 0. The van der Waals surface area contributed by atoms with Gasteiger partial charge in [-0.3, -0.25) is 4.98 Å². The third-order valence-corrected chi connectivity index (χ3v) is 1.75. The zero-order chi connectivity index (χ0) is 9.80. The molecule has 2 aromatic heterocycles. The number of hydrogen-bond donors (Lipinski definition) is 2. The van der Waals surface area contributed by atoms with E-state index in [-0.39, 0.29) is 6.61 Å². The van der Waals surface area contributed by atoms with Crippen molar-refractivity contribution in [1.29, 1.82) is 0 Å². The predicted octanol–water partition coefficient (Wildman–Crippen LogP) is 0.429. The minimum absolute atomic E-state index is 0.0835. The van der Waals surface area contributed by atoms with Crippen LogP contribution in [0.3, 0.4) is 0 Å². The van der Waals surface area contributed by atoms with E-state index in [2.05, 4.69) is 20.3 Å². The van der Waals surface area contributed by atoms with E-state index >= 15 is 0 Å². The molecule has 0 spiro atoms. The quantitative estimate of drug-likeness (QED) is 0.734. The molecule has 72 valence electrons. The summed E-state index contributed by atoms with van der Waals surface area (Å²) in [5.74, 6) is 0.701. The minimum Gasteiger partial charge on any atom is -0.395 e. The van der Waals surface area contributed by atoms with E-state index in [1.165, 1.54) is 0 Å². The Hall–Kier alpha value is -1.75. The van der Waals surface area contributed by atoms with Crippen LogP contribution in [0.15, 0.2) is 24.5 Å². The first-order chi connectivity index (χ1) is 6.90. The maximum atomic E-state index is 8.62. The van der Waals surface area contributed by atoms with E-state index in [0.29, 0.717) is 18.0 Å². The molecule has 0 bridgehead atoms. The number of hydrogen-bond acceptors (Lipinski definition) is 5. The highest BCUT2D eigenvalue weighted by molar-refractivity contribution is 5.71. The van der Waals surface area contributed by atoms with Gasteiger partial charge in [-0.2, -0.15) is 0 Å². The Balaban J connectivity index is 2.32. The topological polar surface area (TPSA) is 70.9 Å².